The Balaban J connectivity index is 2.20. The van der Waals surface area contributed by atoms with Gasteiger partial charge in [0.05, 0.1) is 12.7 Å². The average Bonchev–Trinajstić information content (AvgIpc) is 2.77. The molecule has 2 aromatic rings. The lowest BCUT2D eigenvalue weighted by atomic mass is 10.4. The van der Waals surface area contributed by atoms with Gasteiger partial charge in [0.15, 0.2) is 11.6 Å². The summed E-state index contributed by atoms with van der Waals surface area (Å²) in [4.78, 5) is 14.0. The number of hydrogen-bond acceptors (Lipinski definition) is 5. The summed E-state index contributed by atoms with van der Waals surface area (Å²) in [6.07, 6.45) is 4.74. The molecule has 0 aromatic carbocycles. The van der Waals surface area contributed by atoms with Crippen LogP contribution in [0.15, 0.2) is 18.6 Å². The van der Waals surface area contributed by atoms with Crippen molar-refractivity contribution in [1.29, 1.82) is 0 Å². The van der Waals surface area contributed by atoms with Crippen LogP contribution < -0.4 is 10.2 Å². The molecular weight excluding hydrogens is 247 g/mol. The highest BCUT2D eigenvalue weighted by atomic mass is 19.1. The quantitative estimate of drug-likeness (QED) is 0.885. The fraction of sp³-hybridized carbons (Fsp3) is 0.417. The molecule has 2 rings (SSSR count). The first kappa shape index (κ1) is 13.3. The lowest BCUT2D eigenvalue weighted by Gasteiger charge is -2.18. The molecule has 7 heteroatoms. The van der Waals surface area contributed by atoms with Crippen molar-refractivity contribution < 1.29 is 4.39 Å². The summed E-state index contributed by atoms with van der Waals surface area (Å²) in [5.74, 6) is 1.07. The average molecular weight is 264 g/mol. The maximum absolute atomic E-state index is 13.8. The Bertz CT molecular complexity index is 553. The fourth-order valence-corrected chi connectivity index (χ4v) is 1.70. The molecule has 0 saturated carbocycles. The zero-order chi connectivity index (χ0) is 13.8. The first-order chi connectivity index (χ1) is 9.11. The third kappa shape index (κ3) is 2.98. The Morgan fingerprint density at radius 2 is 2.21 bits per heavy atom. The summed E-state index contributed by atoms with van der Waals surface area (Å²) in [5.41, 5.74) is 0. The van der Waals surface area contributed by atoms with Gasteiger partial charge in [0.25, 0.3) is 0 Å². The van der Waals surface area contributed by atoms with Crippen molar-refractivity contribution in [3.63, 3.8) is 0 Å². The van der Waals surface area contributed by atoms with Crippen LogP contribution in [0.4, 0.5) is 16.2 Å². The van der Waals surface area contributed by atoms with E-state index in [-0.39, 0.29) is 5.82 Å². The molecule has 102 valence electrons. The summed E-state index contributed by atoms with van der Waals surface area (Å²) in [5, 5.41) is 2.96. The highest BCUT2D eigenvalue weighted by molar-refractivity contribution is 5.43. The van der Waals surface area contributed by atoms with E-state index in [1.807, 2.05) is 24.7 Å². The predicted octanol–water partition coefficient (Wildman–Crippen LogP) is 1.42. The second-order valence-corrected chi connectivity index (χ2v) is 4.21. The molecule has 0 fully saturated rings. The maximum Gasteiger partial charge on any atom is 0.224 e. The second kappa shape index (κ2) is 5.64. The van der Waals surface area contributed by atoms with E-state index in [9.17, 15) is 4.39 Å². The molecule has 0 unspecified atom stereocenters. The number of nitrogens with zero attached hydrogens (tertiary/aromatic N) is 5. The number of anilines is 2. The fourth-order valence-electron chi connectivity index (χ4n) is 1.70. The highest BCUT2D eigenvalue weighted by Gasteiger charge is 2.13. The molecule has 0 saturated heterocycles. The third-order valence-electron chi connectivity index (χ3n) is 2.72. The molecule has 19 heavy (non-hydrogen) atoms. The molecule has 0 spiro atoms. The van der Waals surface area contributed by atoms with E-state index in [2.05, 4.69) is 20.3 Å². The van der Waals surface area contributed by atoms with Crippen molar-refractivity contribution >= 4 is 11.8 Å². The minimum Gasteiger partial charge on any atom is -0.354 e. The Morgan fingerprint density at radius 1 is 1.42 bits per heavy atom. The second-order valence-electron chi connectivity index (χ2n) is 4.21. The third-order valence-corrected chi connectivity index (χ3v) is 2.72. The summed E-state index contributed by atoms with van der Waals surface area (Å²) in [7, 11) is 3.67. The van der Waals surface area contributed by atoms with Gasteiger partial charge in [-0.15, -0.1) is 0 Å². The molecule has 0 aliphatic carbocycles. The molecule has 1 N–H and O–H groups in total. The molecule has 0 radical (unpaired) electrons. The van der Waals surface area contributed by atoms with E-state index in [1.165, 1.54) is 6.20 Å². The van der Waals surface area contributed by atoms with E-state index < -0.39 is 5.82 Å². The van der Waals surface area contributed by atoms with Crippen molar-refractivity contribution in [2.45, 2.75) is 13.5 Å². The van der Waals surface area contributed by atoms with Crippen LogP contribution in [0.2, 0.25) is 0 Å². The summed E-state index contributed by atoms with van der Waals surface area (Å²) >= 11 is 0. The number of hydrogen-bond donors (Lipinski definition) is 1. The van der Waals surface area contributed by atoms with Gasteiger partial charge in [-0.3, -0.25) is 0 Å². The van der Waals surface area contributed by atoms with Gasteiger partial charge in [-0.25, -0.2) is 14.4 Å². The van der Waals surface area contributed by atoms with E-state index in [0.29, 0.717) is 19.0 Å². The van der Waals surface area contributed by atoms with Crippen molar-refractivity contribution in [3.8, 4) is 0 Å². The smallest absolute Gasteiger partial charge is 0.224 e. The molecule has 2 heterocycles. The van der Waals surface area contributed by atoms with Crippen LogP contribution in [-0.4, -0.2) is 33.1 Å². The normalized spacial score (nSPS) is 10.5. The molecule has 0 aliphatic heterocycles. The topological polar surface area (TPSA) is 58.9 Å². The van der Waals surface area contributed by atoms with Crippen LogP contribution in [0.25, 0.3) is 0 Å². The Kier molecular flexibility index (Phi) is 3.94. The zero-order valence-corrected chi connectivity index (χ0v) is 11.3. The Morgan fingerprint density at radius 3 is 2.84 bits per heavy atom. The van der Waals surface area contributed by atoms with Crippen LogP contribution in [0, 0.1) is 5.82 Å². The summed E-state index contributed by atoms with van der Waals surface area (Å²) < 4.78 is 15.7. The van der Waals surface area contributed by atoms with Crippen LogP contribution in [-0.2, 0) is 13.6 Å². The SMILES string of the molecule is CCNc1ncc(F)c(N(C)Cc2nccn2C)n1. The summed E-state index contributed by atoms with van der Waals surface area (Å²) in [6, 6.07) is 0. The van der Waals surface area contributed by atoms with E-state index >= 15 is 0 Å². The molecule has 6 nitrogen and oxygen atoms in total. The lowest BCUT2D eigenvalue weighted by molar-refractivity contribution is 0.604. The first-order valence-corrected chi connectivity index (χ1v) is 6.05. The van der Waals surface area contributed by atoms with Gasteiger partial charge in [0, 0.05) is 33.0 Å². The number of imidazole rings is 1. The first-order valence-electron chi connectivity index (χ1n) is 6.05. The number of rotatable bonds is 5. The van der Waals surface area contributed by atoms with Gasteiger partial charge in [-0.2, -0.15) is 4.98 Å². The Hall–Kier alpha value is -2.18. The van der Waals surface area contributed by atoms with Gasteiger partial charge in [0.1, 0.15) is 5.82 Å². The summed E-state index contributed by atoms with van der Waals surface area (Å²) in [6.45, 7) is 3.10. The number of nitrogens with one attached hydrogen (secondary N) is 1. The van der Waals surface area contributed by atoms with Crippen LogP contribution >= 0.6 is 0 Å². The minimum atomic E-state index is -0.446. The predicted molar refractivity (Wildman–Crippen MR) is 71.5 cm³/mol. The largest absolute Gasteiger partial charge is 0.354 e. The van der Waals surface area contributed by atoms with Crippen LogP contribution in [0.5, 0.6) is 0 Å². The molecule has 0 bridgehead atoms. The van der Waals surface area contributed by atoms with Gasteiger partial charge >= 0.3 is 0 Å². The number of aryl methyl sites for hydroxylation is 1. The van der Waals surface area contributed by atoms with Crippen molar-refractivity contribution in [1.82, 2.24) is 19.5 Å². The lowest BCUT2D eigenvalue weighted by Crippen LogP contribution is -2.22. The number of aromatic nitrogens is 4. The molecule has 0 atom stereocenters. The van der Waals surface area contributed by atoms with Gasteiger partial charge in [-0.05, 0) is 6.92 Å². The van der Waals surface area contributed by atoms with E-state index in [0.717, 1.165) is 5.82 Å². The maximum atomic E-state index is 13.8. The Labute approximate surface area is 111 Å². The van der Waals surface area contributed by atoms with Crippen LogP contribution in [0.3, 0.4) is 0 Å². The zero-order valence-electron chi connectivity index (χ0n) is 11.3. The standard InChI is InChI=1S/C12H17FN6/c1-4-14-12-16-7-9(13)11(17-12)19(3)8-10-15-5-6-18(10)2/h5-7H,4,8H2,1-3H3,(H,14,16,17). The minimum absolute atomic E-state index is 0.258. The highest BCUT2D eigenvalue weighted by Crippen LogP contribution is 2.17. The van der Waals surface area contributed by atoms with Crippen LogP contribution in [0.1, 0.15) is 12.7 Å². The van der Waals surface area contributed by atoms with Gasteiger partial charge in [0.2, 0.25) is 5.95 Å². The molecule has 2 aromatic heterocycles. The van der Waals surface area contributed by atoms with Gasteiger partial charge < -0.3 is 14.8 Å². The number of halogens is 1. The van der Waals surface area contributed by atoms with Crippen molar-refractivity contribution in [2.24, 2.45) is 7.05 Å². The van der Waals surface area contributed by atoms with E-state index in [4.69, 9.17) is 0 Å². The molecular formula is C12H17FN6. The molecule has 0 aliphatic rings. The van der Waals surface area contributed by atoms with E-state index in [1.54, 1.807) is 18.1 Å². The monoisotopic (exact) mass is 264 g/mol. The molecule has 0 amide bonds. The van der Waals surface area contributed by atoms with Crippen molar-refractivity contribution in [3.05, 3.63) is 30.2 Å². The van der Waals surface area contributed by atoms with Crippen molar-refractivity contribution in [2.75, 3.05) is 23.8 Å². The van der Waals surface area contributed by atoms with Gasteiger partial charge in [-0.1, -0.05) is 0 Å².